The zero-order chi connectivity index (χ0) is 18.6. The molecule has 0 aliphatic heterocycles. The fourth-order valence-corrected chi connectivity index (χ4v) is 2.33. The summed E-state index contributed by atoms with van der Waals surface area (Å²) in [6.45, 7) is -0.181. The van der Waals surface area contributed by atoms with E-state index in [1.807, 2.05) is 0 Å². The molecule has 0 fully saturated rings. The van der Waals surface area contributed by atoms with Crippen LogP contribution in [0.25, 0.3) is 0 Å². The van der Waals surface area contributed by atoms with E-state index in [1.54, 1.807) is 6.07 Å². The molecular weight excluding hydrogens is 359 g/mol. The monoisotopic (exact) mass is 373 g/mol. The van der Waals surface area contributed by atoms with Gasteiger partial charge in [0, 0.05) is 11.6 Å². The Hall–Kier alpha value is -2.25. The normalized spacial score (nSPS) is 12.6. The second kappa shape index (κ2) is 7.76. The van der Waals surface area contributed by atoms with Gasteiger partial charge in [-0.15, -0.1) is 0 Å². The molecule has 8 heteroatoms. The molecule has 1 atom stereocenters. The first-order chi connectivity index (χ1) is 11.7. The molecule has 0 radical (unpaired) electrons. The Kier molecular flexibility index (Phi) is 5.92. The van der Waals surface area contributed by atoms with Gasteiger partial charge in [0.1, 0.15) is 5.75 Å². The van der Waals surface area contributed by atoms with Gasteiger partial charge in [-0.1, -0.05) is 23.7 Å². The first-order valence-corrected chi connectivity index (χ1v) is 7.57. The molecule has 1 amide bonds. The van der Waals surface area contributed by atoms with E-state index in [0.29, 0.717) is 10.8 Å². The highest BCUT2D eigenvalue weighted by molar-refractivity contribution is 6.31. The highest BCUT2D eigenvalue weighted by Crippen LogP contribution is 2.30. The molecule has 2 N–H and O–H groups in total. The fraction of sp³-hybridized carbons (Fsp3) is 0.235. The van der Waals surface area contributed by atoms with Crippen LogP contribution >= 0.6 is 11.6 Å². The van der Waals surface area contributed by atoms with Crippen LogP contribution in [0.15, 0.2) is 42.5 Å². The fourth-order valence-electron chi connectivity index (χ4n) is 2.15. The summed E-state index contributed by atoms with van der Waals surface area (Å²) in [6.07, 6.45) is -5.60. The Morgan fingerprint density at radius 2 is 1.88 bits per heavy atom. The molecule has 25 heavy (non-hydrogen) atoms. The van der Waals surface area contributed by atoms with Gasteiger partial charge < -0.3 is 15.2 Å². The third kappa shape index (κ3) is 4.87. The number of aliphatic hydroxyl groups excluding tert-OH is 1. The zero-order valence-electron chi connectivity index (χ0n) is 13.1. The quantitative estimate of drug-likeness (QED) is 0.837. The van der Waals surface area contributed by atoms with E-state index in [9.17, 15) is 23.1 Å². The number of carbonyl (C=O) groups is 1. The summed E-state index contributed by atoms with van der Waals surface area (Å²) in [5.41, 5.74) is -0.364. The first-order valence-electron chi connectivity index (χ1n) is 7.19. The predicted octanol–water partition coefficient (Wildman–Crippen LogP) is 3.83. The van der Waals surface area contributed by atoms with Crippen molar-refractivity contribution in [3.05, 3.63) is 64.2 Å². The second-order valence-electron chi connectivity index (χ2n) is 5.19. The lowest BCUT2D eigenvalue weighted by molar-refractivity contribution is -0.137. The Morgan fingerprint density at radius 1 is 1.24 bits per heavy atom. The Bertz CT molecular complexity index is 748. The van der Waals surface area contributed by atoms with Crippen LogP contribution in [0, 0.1) is 0 Å². The van der Waals surface area contributed by atoms with Crippen LogP contribution in [0.2, 0.25) is 5.02 Å². The number of aliphatic hydroxyl groups is 1. The topological polar surface area (TPSA) is 58.6 Å². The molecule has 0 aliphatic carbocycles. The number of carbonyl (C=O) groups excluding carboxylic acids is 1. The third-order valence-corrected chi connectivity index (χ3v) is 3.72. The molecule has 2 rings (SSSR count). The van der Waals surface area contributed by atoms with E-state index in [4.69, 9.17) is 16.3 Å². The van der Waals surface area contributed by atoms with Crippen LogP contribution < -0.4 is 10.1 Å². The van der Waals surface area contributed by atoms with Crippen molar-refractivity contribution in [1.29, 1.82) is 0 Å². The molecule has 0 heterocycles. The number of alkyl halides is 3. The van der Waals surface area contributed by atoms with Gasteiger partial charge in [-0.3, -0.25) is 4.79 Å². The van der Waals surface area contributed by atoms with Crippen molar-refractivity contribution in [2.45, 2.75) is 12.3 Å². The highest BCUT2D eigenvalue weighted by atomic mass is 35.5. The minimum absolute atomic E-state index is 0.181. The maximum Gasteiger partial charge on any atom is 0.416 e. The number of hydrogen-bond donors (Lipinski definition) is 2. The number of rotatable bonds is 5. The van der Waals surface area contributed by atoms with Crippen molar-refractivity contribution in [1.82, 2.24) is 5.32 Å². The highest BCUT2D eigenvalue weighted by Gasteiger charge is 2.30. The first kappa shape index (κ1) is 19.1. The van der Waals surface area contributed by atoms with Crippen molar-refractivity contribution in [2.24, 2.45) is 0 Å². The van der Waals surface area contributed by atoms with Gasteiger partial charge >= 0.3 is 6.18 Å². The average Bonchev–Trinajstić information content (AvgIpc) is 2.58. The van der Waals surface area contributed by atoms with E-state index in [-0.39, 0.29) is 17.7 Å². The molecule has 2 aromatic rings. The second-order valence-corrected chi connectivity index (χ2v) is 5.63. The molecule has 2 aromatic carbocycles. The third-order valence-electron chi connectivity index (χ3n) is 3.48. The van der Waals surface area contributed by atoms with Crippen LogP contribution in [-0.4, -0.2) is 24.7 Å². The van der Waals surface area contributed by atoms with Crippen LogP contribution in [0.4, 0.5) is 13.2 Å². The summed E-state index contributed by atoms with van der Waals surface area (Å²) in [5, 5.41) is 12.9. The number of ether oxygens (including phenoxy) is 1. The van der Waals surface area contributed by atoms with E-state index >= 15 is 0 Å². The van der Waals surface area contributed by atoms with Crippen molar-refractivity contribution in [2.75, 3.05) is 13.7 Å². The average molecular weight is 374 g/mol. The van der Waals surface area contributed by atoms with Crippen molar-refractivity contribution in [3.63, 3.8) is 0 Å². The summed E-state index contributed by atoms with van der Waals surface area (Å²) in [5.74, 6) is -0.212. The Labute approximate surface area is 147 Å². The summed E-state index contributed by atoms with van der Waals surface area (Å²) in [6, 6.07) is 8.60. The van der Waals surface area contributed by atoms with Crippen LogP contribution in [0.1, 0.15) is 27.6 Å². The van der Waals surface area contributed by atoms with E-state index in [1.165, 1.54) is 31.4 Å². The van der Waals surface area contributed by atoms with Gasteiger partial charge in [0.05, 0.1) is 24.3 Å². The van der Waals surface area contributed by atoms with Gasteiger partial charge in [-0.25, -0.2) is 0 Å². The maximum absolute atomic E-state index is 12.5. The van der Waals surface area contributed by atoms with E-state index < -0.39 is 23.8 Å². The van der Waals surface area contributed by atoms with Crippen LogP contribution in [0.5, 0.6) is 5.75 Å². The largest absolute Gasteiger partial charge is 0.496 e. The lowest BCUT2D eigenvalue weighted by atomic mass is 10.1. The van der Waals surface area contributed by atoms with Gasteiger partial charge in [0.25, 0.3) is 5.91 Å². The molecular formula is C17H15ClF3NO3. The number of methoxy groups -OCH3 is 1. The Balaban J connectivity index is 2.03. The summed E-state index contributed by atoms with van der Waals surface area (Å²) in [4.78, 5) is 12.2. The van der Waals surface area contributed by atoms with E-state index in [2.05, 4.69) is 5.32 Å². The van der Waals surface area contributed by atoms with Gasteiger partial charge in [-0.2, -0.15) is 13.2 Å². The van der Waals surface area contributed by atoms with Crippen molar-refractivity contribution < 1.29 is 27.8 Å². The van der Waals surface area contributed by atoms with Crippen LogP contribution in [0.3, 0.4) is 0 Å². The molecule has 0 aliphatic rings. The van der Waals surface area contributed by atoms with E-state index in [0.717, 1.165) is 12.1 Å². The number of amides is 1. The van der Waals surface area contributed by atoms with Crippen LogP contribution in [-0.2, 0) is 6.18 Å². The summed E-state index contributed by atoms with van der Waals surface area (Å²) < 4.78 is 42.6. The lowest BCUT2D eigenvalue weighted by Crippen LogP contribution is -2.28. The minimum Gasteiger partial charge on any atom is -0.496 e. The minimum atomic E-state index is -4.44. The molecule has 1 unspecified atom stereocenters. The Morgan fingerprint density at radius 3 is 2.44 bits per heavy atom. The predicted molar refractivity (Wildman–Crippen MR) is 86.7 cm³/mol. The number of nitrogens with one attached hydrogen (secondary N) is 1. The molecule has 0 bridgehead atoms. The lowest BCUT2D eigenvalue weighted by Gasteiger charge is -2.15. The maximum atomic E-state index is 12.5. The van der Waals surface area contributed by atoms with Gasteiger partial charge in [-0.05, 0) is 35.9 Å². The molecule has 0 saturated carbocycles. The van der Waals surface area contributed by atoms with Gasteiger partial charge in [0.15, 0.2) is 0 Å². The SMILES string of the molecule is COc1ccc(Cl)cc1C(=O)NCC(O)c1ccc(C(F)(F)F)cc1. The van der Waals surface area contributed by atoms with Crippen molar-refractivity contribution in [3.8, 4) is 5.75 Å². The molecule has 0 aromatic heterocycles. The molecule has 0 saturated heterocycles. The number of hydrogen-bond acceptors (Lipinski definition) is 3. The van der Waals surface area contributed by atoms with Crippen molar-refractivity contribution >= 4 is 17.5 Å². The summed E-state index contributed by atoms with van der Waals surface area (Å²) in [7, 11) is 1.40. The molecule has 134 valence electrons. The summed E-state index contributed by atoms with van der Waals surface area (Å²) >= 11 is 5.85. The van der Waals surface area contributed by atoms with Gasteiger partial charge in [0.2, 0.25) is 0 Å². The standard InChI is InChI=1S/C17H15ClF3NO3/c1-25-15-7-6-12(18)8-13(15)16(24)22-9-14(23)10-2-4-11(5-3-10)17(19,20)21/h2-8,14,23H,9H2,1H3,(H,22,24). The molecule has 4 nitrogen and oxygen atoms in total. The molecule has 0 spiro atoms. The zero-order valence-corrected chi connectivity index (χ0v) is 13.9. The number of halogens is 4. The smallest absolute Gasteiger partial charge is 0.416 e. The number of benzene rings is 2.